The number of anilines is 1. The van der Waals surface area contributed by atoms with Gasteiger partial charge < -0.3 is 20.7 Å². The van der Waals surface area contributed by atoms with Crippen molar-refractivity contribution in [2.45, 2.75) is 6.54 Å². The average molecular weight is 357 g/mol. The highest BCUT2D eigenvalue weighted by Crippen LogP contribution is 2.14. The van der Waals surface area contributed by atoms with Crippen LogP contribution in [0.2, 0.25) is 0 Å². The van der Waals surface area contributed by atoms with Crippen LogP contribution in [0, 0.1) is 10.1 Å². The first kappa shape index (κ1) is 19.0. The molecule has 0 saturated heterocycles. The van der Waals surface area contributed by atoms with Crippen LogP contribution in [0.15, 0.2) is 53.5 Å². The van der Waals surface area contributed by atoms with E-state index in [-0.39, 0.29) is 5.69 Å². The van der Waals surface area contributed by atoms with Gasteiger partial charge in [0.15, 0.2) is 5.96 Å². The highest BCUT2D eigenvalue weighted by Gasteiger charge is 2.03. The number of hydrogen-bond donors (Lipinski definition) is 3. The number of non-ortho nitro benzene ring substituents is 1. The van der Waals surface area contributed by atoms with E-state index < -0.39 is 4.92 Å². The molecule has 0 radical (unpaired) electrons. The van der Waals surface area contributed by atoms with Gasteiger partial charge in [-0.15, -0.1) is 0 Å². The first-order valence-electron chi connectivity index (χ1n) is 8.18. The second-order valence-electron chi connectivity index (χ2n) is 5.43. The maximum absolute atomic E-state index is 10.6. The van der Waals surface area contributed by atoms with Gasteiger partial charge in [0.05, 0.1) is 12.0 Å². The lowest BCUT2D eigenvalue weighted by Crippen LogP contribution is -2.39. The quantitative estimate of drug-likeness (QED) is 0.220. The van der Waals surface area contributed by atoms with Gasteiger partial charge in [0, 0.05) is 44.5 Å². The zero-order valence-electron chi connectivity index (χ0n) is 14.9. The Kier molecular flexibility index (Phi) is 7.23. The second-order valence-corrected chi connectivity index (χ2v) is 5.43. The third-order valence-electron chi connectivity index (χ3n) is 3.67. The van der Waals surface area contributed by atoms with Crippen LogP contribution in [0.25, 0.3) is 0 Å². The molecule has 0 aliphatic rings. The van der Waals surface area contributed by atoms with Gasteiger partial charge in [-0.05, 0) is 29.8 Å². The van der Waals surface area contributed by atoms with Crippen LogP contribution in [-0.2, 0) is 6.54 Å². The third kappa shape index (κ3) is 5.97. The number of methoxy groups -OCH3 is 1. The summed E-state index contributed by atoms with van der Waals surface area (Å²) in [6, 6.07) is 14.2. The number of guanidine groups is 1. The fourth-order valence-electron chi connectivity index (χ4n) is 2.24. The molecule has 0 amide bonds. The molecule has 0 bridgehead atoms. The smallest absolute Gasteiger partial charge is 0.269 e. The molecule has 0 aliphatic heterocycles. The maximum Gasteiger partial charge on any atom is 0.269 e. The number of nitro benzene ring substituents is 1. The average Bonchev–Trinajstić information content (AvgIpc) is 2.68. The number of ether oxygens (including phenoxy) is 1. The van der Waals surface area contributed by atoms with Gasteiger partial charge >= 0.3 is 0 Å². The lowest BCUT2D eigenvalue weighted by molar-refractivity contribution is -0.384. The number of nitro groups is 1. The predicted molar refractivity (Wildman–Crippen MR) is 103 cm³/mol. The van der Waals surface area contributed by atoms with E-state index in [1.807, 2.05) is 24.3 Å². The molecule has 8 heteroatoms. The minimum absolute atomic E-state index is 0.0804. The minimum atomic E-state index is -0.413. The number of nitrogens with one attached hydrogen (secondary N) is 3. The summed E-state index contributed by atoms with van der Waals surface area (Å²) in [4.78, 5) is 14.4. The topological polar surface area (TPSA) is 101 Å². The Morgan fingerprint density at radius 1 is 1.08 bits per heavy atom. The molecule has 0 atom stereocenters. The fourth-order valence-corrected chi connectivity index (χ4v) is 2.24. The van der Waals surface area contributed by atoms with E-state index in [0.717, 1.165) is 17.0 Å². The van der Waals surface area contributed by atoms with Crippen molar-refractivity contribution in [2.24, 2.45) is 4.99 Å². The van der Waals surface area contributed by atoms with Crippen molar-refractivity contribution in [3.05, 3.63) is 64.2 Å². The monoisotopic (exact) mass is 357 g/mol. The number of aliphatic imine (C=N–C) groups is 1. The van der Waals surface area contributed by atoms with Crippen molar-refractivity contribution >= 4 is 17.3 Å². The number of rotatable bonds is 8. The fraction of sp³-hybridized carbons (Fsp3) is 0.278. The van der Waals surface area contributed by atoms with Gasteiger partial charge in [0.2, 0.25) is 0 Å². The predicted octanol–water partition coefficient (Wildman–Crippen LogP) is 2.38. The molecule has 0 heterocycles. The summed E-state index contributed by atoms with van der Waals surface area (Å²) in [5.41, 5.74) is 2.04. The molecule has 2 rings (SSSR count). The Balaban J connectivity index is 1.70. The molecule has 0 aromatic heterocycles. The zero-order chi connectivity index (χ0) is 18.8. The number of nitrogens with zero attached hydrogens (tertiary/aromatic N) is 2. The first-order valence-corrected chi connectivity index (χ1v) is 8.18. The minimum Gasteiger partial charge on any atom is -0.497 e. The van der Waals surface area contributed by atoms with Crippen molar-refractivity contribution in [1.82, 2.24) is 10.6 Å². The molecule has 3 N–H and O–H groups in total. The van der Waals surface area contributed by atoms with E-state index in [9.17, 15) is 10.1 Å². The summed E-state index contributed by atoms with van der Waals surface area (Å²) in [5, 5.41) is 20.3. The highest BCUT2D eigenvalue weighted by atomic mass is 16.6. The van der Waals surface area contributed by atoms with E-state index in [0.29, 0.717) is 25.6 Å². The van der Waals surface area contributed by atoms with Crippen LogP contribution >= 0.6 is 0 Å². The van der Waals surface area contributed by atoms with Crippen LogP contribution in [0.5, 0.6) is 5.75 Å². The molecule has 8 nitrogen and oxygen atoms in total. The molecule has 2 aromatic rings. The highest BCUT2D eigenvalue weighted by molar-refractivity contribution is 5.79. The Bertz CT molecular complexity index is 729. The lowest BCUT2D eigenvalue weighted by Gasteiger charge is -2.13. The summed E-state index contributed by atoms with van der Waals surface area (Å²) in [5.74, 6) is 1.53. The van der Waals surface area contributed by atoms with Gasteiger partial charge in [-0.3, -0.25) is 15.1 Å². The zero-order valence-corrected chi connectivity index (χ0v) is 14.9. The summed E-state index contributed by atoms with van der Waals surface area (Å²) in [7, 11) is 3.36. The summed E-state index contributed by atoms with van der Waals surface area (Å²) in [6.07, 6.45) is 0. The Labute approximate surface area is 152 Å². The van der Waals surface area contributed by atoms with Crippen LogP contribution in [0.4, 0.5) is 11.4 Å². The van der Waals surface area contributed by atoms with Gasteiger partial charge in [0.25, 0.3) is 5.69 Å². The van der Waals surface area contributed by atoms with Crippen molar-refractivity contribution < 1.29 is 9.66 Å². The summed E-state index contributed by atoms with van der Waals surface area (Å²) < 4.78 is 5.14. The van der Waals surface area contributed by atoms with Crippen LogP contribution in [0.3, 0.4) is 0 Å². The summed E-state index contributed by atoms with van der Waals surface area (Å²) in [6.45, 7) is 1.96. The van der Waals surface area contributed by atoms with Gasteiger partial charge in [0.1, 0.15) is 5.75 Å². The second kappa shape index (κ2) is 9.87. The van der Waals surface area contributed by atoms with E-state index in [1.54, 1.807) is 26.3 Å². The van der Waals surface area contributed by atoms with Crippen molar-refractivity contribution in [1.29, 1.82) is 0 Å². The van der Waals surface area contributed by atoms with Crippen molar-refractivity contribution in [3.63, 3.8) is 0 Å². The number of hydrogen-bond acceptors (Lipinski definition) is 5. The van der Waals surface area contributed by atoms with Crippen molar-refractivity contribution in [2.75, 3.05) is 32.6 Å². The van der Waals surface area contributed by atoms with Crippen LogP contribution in [0.1, 0.15) is 5.56 Å². The van der Waals surface area contributed by atoms with E-state index in [4.69, 9.17) is 4.74 Å². The van der Waals surface area contributed by atoms with E-state index in [2.05, 4.69) is 20.9 Å². The normalized spacial score (nSPS) is 10.9. The first-order chi connectivity index (χ1) is 12.6. The molecule has 0 spiro atoms. The summed E-state index contributed by atoms with van der Waals surface area (Å²) >= 11 is 0. The molecular formula is C18H23N5O3. The van der Waals surface area contributed by atoms with Gasteiger partial charge in [-0.1, -0.05) is 12.1 Å². The largest absolute Gasteiger partial charge is 0.497 e. The molecule has 26 heavy (non-hydrogen) atoms. The standard InChI is InChI=1S/C18H23N5O3/c1-19-18(22-13-14-3-9-17(26-2)10-4-14)21-12-11-20-15-5-7-16(8-6-15)23(24)25/h3-10,20H,11-13H2,1-2H3,(H2,19,21,22). The lowest BCUT2D eigenvalue weighted by atomic mass is 10.2. The molecule has 138 valence electrons. The van der Waals surface area contributed by atoms with Crippen LogP contribution < -0.4 is 20.7 Å². The maximum atomic E-state index is 10.6. The van der Waals surface area contributed by atoms with Gasteiger partial charge in [-0.25, -0.2) is 0 Å². The third-order valence-corrected chi connectivity index (χ3v) is 3.67. The molecule has 2 aromatic carbocycles. The van der Waals surface area contributed by atoms with Crippen LogP contribution in [-0.4, -0.2) is 38.1 Å². The molecule has 0 unspecified atom stereocenters. The van der Waals surface area contributed by atoms with Gasteiger partial charge in [-0.2, -0.15) is 0 Å². The number of benzene rings is 2. The molecule has 0 fully saturated rings. The molecular weight excluding hydrogens is 334 g/mol. The molecule has 0 aliphatic carbocycles. The Morgan fingerprint density at radius 2 is 1.77 bits per heavy atom. The Hall–Kier alpha value is -3.29. The van der Waals surface area contributed by atoms with Crippen molar-refractivity contribution in [3.8, 4) is 5.75 Å². The van der Waals surface area contributed by atoms with E-state index in [1.165, 1.54) is 12.1 Å². The van der Waals surface area contributed by atoms with E-state index >= 15 is 0 Å². The molecule has 0 saturated carbocycles. The SMILES string of the molecule is CN=C(NCCNc1ccc([N+](=O)[O-])cc1)NCc1ccc(OC)cc1. The Morgan fingerprint density at radius 3 is 2.35 bits per heavy atom.